The van der Waals surface area contributed by atoms with E-state index in [1.807, 2.05) is 23.9 Å². The number of rotatable bonds is 7. The maximum absolute atomic E-state index is 5.86. The molecule has 0 amide bonds. The van der Waals surface area contributed by atoms with E-state index in [1.54, 1.807) is 0 Å². The van der Waals surface area contributed by atoms with E-state index in [-0.39, 0.29) is 0 Å². The van der Waals surface area contributed by atoms with Crippen molar-refractivity contribution >= 4 is 23.4 Å². The monoisotopic (exact) mass is 257 g/mol. The zero-order chi connectivity index (χ0) is 11.8. The van der Waals surface area contributed by atoms with Crippen molar-refractivity contribution in [3.8, 4) is 0 Å². The van der Waals surface area contributed by atoms with E-state index in [0.29, 0.717) is 6.04 Å². The van der Waals surface area contributed by atoms with Crippen molar-refractivity contribution in [1.29, 1.82) is 0 Å². The van der Waals surface area contributed by atoms with Gasteiger partial charge in [-0.3, -0.25) is 0 Å². The summed E-state index contributed by atoms with van der Waals surface area (Å²) in [5.74, 6) is 2.26. The summed E-state index contributed by atoms with van der Waals surface area (Å²) in [6.07, 6.45) is 3.44. The van der Waals surface area contributed by atoms with E-state index in [9.17, 15) is 0 Å². The van der Waals surface area contributed by atoms with Crippen LogP contribution in [0.1, 0.15) is 31.7 Å². The first-order valence-corrected chi connectivity index (χ1v) is 7.33. The molecule has 0 saturated heterocycles. The maximum atomic E-state index is 5.86. The van der Waals surface area contributed by atoms with Crippen LogP contribution in [-0.4, -0.2) is 11.8 Å². The van der Waals surface area contributed by atoms with Gasteiger partial charge < -0.3 is 5.73 Å². The van der Waals surface area contributed by atoms with E-state index in [1.165, 1.54) is 17.7 Å². The van der Waals surface area contributed by atoms with Gasteiger partial charge in [-0.25, -0.2) is 0 Å². The van der Waals surface area contributed by atoms with E-state index in [4.69, 9.17) is 17.3 Å². The van der Waals surface area contributed by atoms with Crippen LogP contribution in [0.2, 0.25) is 5.02 Å². The first-order valence-electron chi connectivity index (χ1n) is 5.80. The van der Waals surface area contributed by atoms with E-state index in [2.05, 4.69) is 19.1 Å². The summed E-state index contributed by atoms with van der Waals surface area (Å²) in [5, 5.41) is 0.808. The van der Waals surface area contributed by atoms with Crippen LogP contribution in [0.5, 0.6) is 0 Å². The lowest BCUT2D eigenvalue weighted by atomic mass is 10.1. The van der Waals surface area contributed by atoms with Gasteiger partial charge in [0.1, 0.15) is 0 Å². The molecule has 0 aliphatic heterocycles. The predicted octanol–water partition coefficient (Wildman–Crippen LogP) is 4.09. The molecule has 0 heterocycles. The average Bonchev–Trinajstić information content (AvgIpc) is 2.31. The molecule has 1 nitrogen and oxygen atoms in total. The molecule has 3 heteroatoms. The van der Waals surface area contributed by atoms with Gasteiger partial charge in [0.05, 0.1) is 0 Å². The fourth-order valence-electron chi connectivity index (χ4n) is 1.42. The van der Waals surface area contributed by atoms with Gasteiger partial charge in [0.2, 0.25) is 0 Å². The Kier molecular flexibility index (Phi) is 6.93. The average molecular weight is 258 g/mol. The predicted molar refractivity (Wildman–Crippen MR) is 75.1 cm³/mol. The molecule has 1 aromatic carbocycles. The van der Waals surface area contributed by atoms with Gasteiger partial charge in [-0.2, -0.15) is 11.8 Å². The minimum atomic E-state index is 0.385. The maximum Gasteiger partial charge on any atom is 0.0406 e. The largest absolute Gasteiger partial charge is 0.328 e. The van der Waals surface area contributed by atoms with Crippen molar-refractivity contribution in [2.75, 3.05) is 5.75 Å². The van der Waals surface area contributed by atoms with Crippen LogP contribution in [0.25, 0.3) is 0 Å². The summed E-state index contributed by atoms with van der Waals surface area (Å²) in [7, 11) is 0. The normalized spacial score (nSPS) is 12.7. The Hall–Kier alpha value is -0.180. The molecule has 0 fully saturated rings. The van der Waals surface area contributed by atoms with Gasteiger partial charge in [-0.1, -0.05) is 30.7 Å². The molecule has 0 saturated carbocycles. The molecule has 1 atom stereocenters. The van der Waals surface area contributed by atoms with Crippen molar-refractivity contribution in [3.63, 3.8) is 0 Å². The molecule has 2 N–H and O–H groups in total. The van der Waals surface area contributed by atoms with Gasteiger partial charge in [0.15, 0.2) is 0 Å². The molecular formula is C13H20ClNS. The fourth-order valence-corrected chi connectivity index (χ4v) is 2.49. The van der Waals surface area contributed by atoms with Crippen molar-refractivity contribution in [1.82, 2.24) is 0 Å². The number of halogens is 1. The van der Waals surface area contributed by atoms with Gasteiger partial charge >= 0.3 is 0 Å². The van der Waals surface area contributed by atoms with Crippen LogP contribution in [0.4, 0.5) is 0 Å². The zero-order valence-corrected chi connectivity index (χ0v) is 11.4. The minimum Gasteiger partial charge on any atom is -0.328 e. The lowest BCUT2D eigenvalue weighted by Gasteiger charge is -2.07. The fraction of sp³-hybridized carbons (Fsp3) is 0.538. The van der Waals surface area contributed by atoms with Crippen molar-refractivity contribution in [2.45, 2.75) is 38.0 Å². The van der Waals surface area contributed by atoms with Gasteiger partial charge in [-0.15, -0.1) is 0 Å². The number of benzene rings is 1. The first kappa shape index (κ1) is 13.9. The van der Waals surface area contributed by atoms with Crippen molar-refractivity contribution < 1.29 is 0 Å². The van der Waals surface area contributed by atoms with Crippen molar-refractivity contribution in [3.05, 3.63) is 34.9 Å². The molecule has 0 aliphatic rings. The molecule has 1 unspecified atom stereocenters. The SMILES string of the molecule is CCC(N)CCCSCc1ccc(Cl)cc1. The highest BCUT2D eigenvalue weighted by molar-refractivity contribution is 7.98. The third-order valence-corrected chi connectivity index (χ3v) is 3.94. The summed E-state index contributed by atoms with van der Waals surface area (Å²) < 4.78 is 0. The number of thioether (sulfide) groups is 1. The Labute approximate surface area is 108 Å². The molecule has 0 spiro atoms. The molecule has 0 bridgehead atoms. The lowest BCUT2D eigenvalue weighted by molar-refractivity contribution is 0.589. The van der Waals surface area contributed by atoms with Gasteiger partial charge in [0, 0.05) is 16.8 Å². The third-order valence-electron chi connectivity index (χ3n) is 2.57. The Balaban J connectivity index is 2.09. The topological polar surface area (TPSA) is 26.0 Å². The highest BCUT2D eigenvalue weighted by Gasteiger charge is 1.99. The van der Waals surface area contributed by atoms with E-state index >= 15 is 0 Å². The molecule has 1 aromatic rings. The van der Waals surface area contributed by atoms with Crippen LogP contribution in [0.3, 0.4) is 0 Å². The molecule has 90 valence electrons. The number of nitrogens with two attached hydrogens (primary N) is 1. The van der Waals surface area contributed by atoms with Crippen LogP contribution >= 0.6 is 23.4 Å². The summed E-state index contributed by atoms with van der Waals surface area (Å²) in [6, 6.07) is 8.46. The zero-order valence-electron chi connectivity index (χ0n) is 9.79. The Morgan fingerprint density at radius 3 is 2.62 bits per heavy atom. The van der Waals surface area contributed by atoms with Gasteiger partial charge in [0.25, 0.3) is 0 Å². The Bertz CT molecular complexity index is 286. The summed E-state index contributed by atoms with van der Waals surface area (Å²) in [5.41, 5.74) is 7.20. The summed E-state index contributed by atoms with van der Waals surface area (Å²) in [4.78, 5) is 0. The molecular weight excluding hydrogens is 238 g/mol. The van der Waals surface area contributed by atoms with Crippen molar-refractivity contribution in [2.24, 2.45) is 5.73 Å². The Morgan fingerprint density at radius 1 is 1.31 bits per heavy atom. The first-order chi connectivity index (χ1) is 7.72. The highest BCUT2D eigenvalue weighted by atomic mass is 35.5. The van der Waals surface area contributed by atoms with Crippen LogP contribution < -0.4 is 5.73 Å². The number of hydrogen-bond acceptors (Lipinski definition) is 2. The molecule has 1 rings (SSSR count). The third kappa shape index (κ3) is 5.78. The lowest BCUT2D eigenvalue weighted by Crippen LogP contribution is -2.18. The molecule has 16 heavy (non-hydrogen) atoms. The second-order valence-corrected chi connectivity index (χ2v) is 5.53. The molecule has 0 radical (unpaired) electrons. The van der Waals surface area contributed by atoms with Crippen LogP contribution in [-0.2, 0) is 5.75 Å². The second-order valence-electron chi connectivity index (χ2n) is 3.99. The smallest absolute Gasteiger partial charge is 0.0406 e. The van der Waals surface area contributed by atoms with Gasteiger partial charge in [-0.05, 0) is 42.7 Å². The van der Waals surface area contributed by atoms with Crippen LogP contribution in [0.15, 0.2) is 24.3 Å². The second kappa shape index (κ2) is 7.99. The number of hydrogen-bond donors (Lipinski definition) is 1. The minimum absolute atomic E-state index is 0.385. The quantitative estimate of drug-likeness (QED) is 0.745. The molecule has 0 aromatic heterocycles. The molecule has 0 aliphatic carbocycles. The Morgan fingerprint density at radius 2 is 2.00 bits per heavy atom. The highest BCUT2D eigenvalue weighted by Crippen LogP contribution is 2.16. The van der Waals surface area contributed by atoms with E-state index in [0.717, 1.165) is 23.6 Å². The standard InChI is InChI=1S/C13H20ClNS/c1-2-13(15)4-3-9-16-10-11-5-7-12(14)8-6-11/h5-8,13H,2-4,9-10,15H2,1H3. The summed E-state index contributed by atoms with van der Waals surface area (Å²) in [6.45, 7) is 2.14. The summed E-state index contributed by atoms with van der Waals surface area (Å²) >= 11 is 7.79. The van der Waals surface area contributed by atoms with Crippen LogP contribution in [0, 0.1) is 0 Å². The van der Waals surface area contributed by atoms with E-state index < -0.39 is 0 Å².